The Bertz CT molecular complexity index is 470. The zero-order valence-corrected chi connectivity index (χ0v) is 11.5. The molecule has 0 unspecified atom stereocenters. The fourth-order valence-corrected chi connectivity index (χ4v) is 2.15. The first-order chi connectivity index (χ1) is 9.43. The first kappa shape index (κ1) is 15.0. The summed E-state index contributed by atoms with van der Waals surface area (Å²) in [6.45, 7) is 2.41. The van der Waals surface area contributed by atoms with Gasteiger partial charge in [0.2, 0.25) is 0 Å². The van der Waals surface area contributed by atoms with Gasteiger partial charge in [-0.05, 0) is 25.8 Å². The van der Waals surface area contributed by atoms with Crippen LogP contribution in [0.3, 0.4) is 0 Å². The number of nitrogens with one attached hydrogen (secondary N) is 1. The van der Waals surface area contributed by atoms with Gasteiger partial charge in [0.1, 0.15) is 5.54 Å². The fourth-order valence-electron chi connectivity index (χ4n) is 2.15. The van der Waals surface area contributed by atoms with Crippen LogP contribution in [0.1, 0.15) is 25.3 Å². The van der Waals surface area contributed by atoms with Crippen molar-refractivity contribution in [2.75, 3.05) is 13.7 Å². The predicted octanol–water partition coefficient (Wildman–Crippen LogP) is 3.28. The van der Waals surface area contributed by atoms with Crippen LogP contribution in [0.15, 0.2) is 18.2 Å². The third-order valence-corrected chi connectivity index (χ3v) is 3.47. The summed E-state index contributed by atoms with van der Waals surface area (Å²) in [6.07, 6.45) is -3.95. The van der Waals surface area contributed by atoms with Crippen LogP contribution >= 0.6 is 0 Å². The first-order valence-corrected chi connectivity index (χ1v) is 6.54. The molecule has 1 N–H and O–H groups in total. The quantitative estimate of drug-likeness (QED) is 0.872. The van der Waals surface area contributed by atoms with Crippen LogP contribution in [0.2, 0.25) is 0 Å². The van der Waals surface area contributed by atoms with Crippen LogP contribution in [0.25, 0.3) is 0 Å². The molecule has 3 nitrogen and oxygen atoms in total. The summed E-state index contributed by atoms with van der Waals surface area (Å²) in [6, 6.07) is 5.22. The average molecular weight is 289 g/mol. The van der Waals surface area contributed by atoms with E-state index in [1.807, 2.05) is 6.92 Å². The van der Waals surface area contributed by atoms with E-state index in [2.05, 4.69) is 5.32 Å². The predicted molar refractivity (Wildman–Crippen MR) is 69.0 cm³/mol. The summed E-state index contributed by atoms with van der Waals surface area (Å²) < 4.78 is 49.3. The van der Waals surface area contributed by atoms with E-state index in [1.165, 1.54) is 7.11 Å². The van der Waals surface area contributed by atoms with Crippen LogP contribution in [0, 0.1) is 0 Å². The Hall–Kier alpha value is -1.43. The molecule has 6 heteroatoms. The molecule has 0 heterocycles. The Morgan fingerprint density at radius 2 is 2.00 bits per heavy atom. The van der Waals surface area contributed by atoms with E-state index in [9.17, 15) is 13.2 Å². The lowest BCUT2D eigenvalue weighted by Gasteiger charge is -2.22. The number of rotatable bonds is 6. The van der Waals surface area contributed by atoms with E-state index in [1.54, 1.807) is 18.2 Å². The molecule has 1 aromatic rings. The van der Waals surface area contributed by atoms with Gasteiger partial charge in [-0.2, -0.15) is 13.2 Å². The lowest BCUT2D eigenvalue weighted by molar-refractivity contribution is -0.166. The van der Waals surface area contributed by atoms with E-state index in [-0.39, 0.29) is 19.4 Å². The Morgan fingerprint density at radius 1 is 1.30 bits per heavy atom. The average Bonchev–Trinajstić information content (AvgIpc) is 3.17. The van der Waals surface area contributed by atoms with Crippen LogP contribution in [0.5, 0.6) is 11.5 Å². The van der Waals surface area contributed by atoms with E-state index >= 15 is 0 Å². The van der Waals surface area contributed by atoms with Crippen molar-refractivity contribution in [1.29, 1.82) is 0 Å². The maximum absolute atomic E-state index is 12.9. The Balaban J connectivity index is 2.12. The molecule has 0 spiro atoms. The number of ether oxygens (including phenoxy) is 2. The van der Waals surface area contributed by atoms with E-state index in [4.69, 9.17) is 9.47 Å². The zero-order valence-electron chi connectivity index (χ0n) is 11.5. The SMILES string of the molecule is CCOc1cccc(CNC2(C(F)(F)F)CC2)c1OC. The molecule has 1 fully saturated rings. The number of benzene rings is 1. The van der Waals surface area contributed by atoms with Crippen molar-refractivity contribution < 1.29 is 22.6 Å². The minimum atomic E-state index is -4.21. The van der Waals surface area contributed by atoms with Gasteiger partial charge in [0.25, 0.3) is 0 Å². The number of hydrogen-bond acceptors (Lipinski definition) is 3. The minimum absolute atomic E-state index is 0.101. The lowest BCUT2D eigenvalue weighted by atomic mass is 10.1. The van der Waals surface area contributed by atoms with Gasteiger partial charge in [0, 0.05) is 12.1 Å². The molecule has 0 aliphatic heterocycles. The van der Waals surface area contributed by atoms with Gasteiger partial charge in [-0.15, -0.1) is 0 Å². The summed E-state index contributed by atoms with van der Waals surface area (Å²) in [5.41, 5.74) is -1.06. The van der Waals surface area contributed by atoms with Crippen molar-refractivity contribution in [2.45, 2.75) is 38.0 Å². The largest absolute Gasteiger partial charge is 0.493 e. The molecule has 0 aromatic heterocycles. The number of alkyl halides is 3. The van der Waals surface area contributed by atoms with Crippen molar-refractivity contribution in [3.8, 4) is 11.5 Å². The molecule has 0 bridgehead atoms. The molecule has 2 rings (SSSR count). The molecule has 0 amide bonds. The zero-order chi connectivity index (χ0) is 14.8. The minimum Gasteiger partial charge on any atom is -0.493 e. The van der Waals surface area contributed by atoms with Gasteiger partial charge in [0.05, 0.1) is 13.7 Å². The van der Waals surface area contributed by atoms with Gasteiger partial charge < -0.3 is 9.47 Å². The monoisotopic (exact) mass is 289 g/mol. The second kappa shape index (κ2) is 5.52. The normalized spacial score (nSPS) is 16.9. The van der Waals surface area contributed by atoms with Crippen molar-refractivity contribution in [3.05, 3.63) is 23.8 Å². The molecule has 1 aliphatic carbocycles. The van der Waals surface area contributed by atoms with E-state index in [0.29, 0.717) is 23.7 Å². The summed E-state index contributed by atoms with van der Waals surface area (Å²) in [7, 11) is 1.48. The van der Waals surface area contributed by atoms with Crippen molar-refractivity contribution >= 4 is 0 Å². The maximum Gasteiger partial charge on any atom is 0.406 e. The molecule has 0 saturated heterocycles. The van der Waals surface area contributed by atoms with Gasteiger partial charge in [-0.3, -0.25) is 5.32 Å². The topological polar surface area (TPSA) is 30.5 Å². The third kappa shape index (κ3) is 2.85. The summed E-state index contributed by atoms with van der Waals surface area (Å²) in [5.74, 6) is 1.03. The Morgan fingerprint density at radius 3 is 2.50 bits per heavy atom. The Labute approximate surface area is 116 Å². The summed E-state index contributed by atoms with van der Waals surface area (Å²) >= 11 is 0. The number of methoxy groups -OCH3 is 1. The molecular formula is C14H18F3NO2. The lowest BCUT2D eigenvalue weighted by Crippen LogP contribution is -2.44. The first-order valence-electron chi connectivity index (χ1n) is 6.54. The van der Waals surface area contributed by atoms with Crippen LogP contribution in [-0.2, 0) is 6.54 Å². The molecule has 0 atom stereocenters. The summed E-state index contributed by atoms with van der Waals surface area (Å²) in [4.78, 5) is 0. The second-order valence-electron chi connectivity index (χ2n) is 4.81. The van der Waals surface area contributed by atoms with Gasteiger partial charge >= 0.3 is 6.18 Å². The number of halogens is 3. The van der Waals surface area contributed by atoms with Crippen LogP contribution in [-0.4, -0.2) is 25.4 Å². The maximum atomic E-state index is 12.9. The number of hydrogen-bond donors (Lipinski definition) is 1. The molecule has 1 aromatic carbocycles. The fraction of sp³-hybridized carbons (Fsp3) is 0.571. The standard InChI is InChI=1S/C14H18F3NO2/c1-3-20-11-6-4-5-10(12(11)19-2)9-18-13(7-8-13)14(15,16)17/h4-6,18H,3,7-9H2,1-2H3. The van der Waals surface area contributed by atoms with Crippen LogP contribution in [0.4, 0.5) is 13.2 Å². The highest BCUT2D eigenvalue weighted by atomic mass is 19.4. The van der Waals surface area contributed by atoms with Gasteiger partial charge in [-0.1, -0.05) is 12.1 Å². The van der Waals surface area contributed by atoms with E-state index in [0.717, 1.165) is 0 Å². The molecule has 0 radical (unpaired) electrons. The highest BCUT2D eigenvalue weighted by Gasteiger charge is 2.62. The molecule has 1 saturated carbocycles. The highest BCUT2D eigenvalue weighted by molar-refractivity contribution is 5.46. The Kier molecular flexibility index (Phi) is 4.13. The smallest absolute Gasteiger partial charge is 0.406 e. The highest BCUT2D eigenvalue weighted by Crippen LogP contribution is 2.49. The molecule has 20 heavy (non-hydrogen) atoms. The van der Waals surface area contributed by atoms with Crippen molar-refractivity contribution in [1.82, 2.24) is 5.32 Å². The van der Waals surface area contributed by atoms with Gasteiger partial charge in [-0.25, -0.2) is 0 Å². The molecule has 1 aliphatic rings. The molecular weight excluding hydrogens is 271 g/mol. The number of para-hydroxylation sites is 1. The third-order valence-electron chi connectivity index (χ3n) is 3.47. The van der Waals surface area contributed by atoms with Gasteiger partial charge in [0.15, 0.2) is 11.5 Å². The molecule has 112 valence electrons. The van der Waals surface area contributed by atoms with Crippen molar-refractivity contribution in [3.63, 3.8) is 0 Å². The van der Waals surface area contributed by atoms with Crippen molar-refractivity contribution in [2.24, 2.45) is 0 Å². The van der Waals surface area contributed by atoms with Crippen LogP contribution < -0.4 is 14.8 Å². The van der Waals surface area contributed by atoms with E-state index < -0.39 is 11.7 Å². The second-order valence-corrected chi connectivity index (χ2v) is 4.81. The summed E-state index contributed by atoms with van der Waals surface area (Å²) in [5, 5.41) is 2.61.